The van der Waals surface area contributed by atoms with Crippen LogP contribution in [0.15, 0.2) is 10.6 Å². The first-order chi connectivity index (χ1) is 12.3. The molecule has 0 spiro atoms. The molecule has 0 bridgehead atoms. The summed E-state index contributed by atoms with van der Waals surface area (Å²) in [7, 11) is -2.20. The summed E-state index contributed by atoms with van der Waals surface area (Å²) in [5, 5.41) is 6.51. The van der Waals surface area contributed by atoms with Gasteiger partial charge >= 0.3 is 0 Å². The lowest BCUT2D eigenvalue weighted by atomic mass is 10.1. The Hall–Kier alpha value is -1.98. The van der Waals surface area contributed by atoms with E-state index in [4.69, 9.17) is 9.26 Å². The third-order valence-electron chi connectivity index (χ3n) is 4.60. The van der Waals surface area contributed by atoms with Gasteiger partial charge in [0.25, 0.3) is 11.8 Å². The van der Waals surface area contributed by atoms with Crippen molar-refractivity contribution in [2.75, 3.05) is 39.1 Å². The van der Waals surface area contributed by atoms with Crippen molar-refractivity contribution in [3.63, 3.8) is 0 Å². The number of ether oxygens (including phenoxy) is 1. The van der Waals surface area contributed by atoms with E-state index >= 15 is 0 Å². The SMILES string of the molecule is COCCN1C(=O)[C@@H]2C[C@H](NC(=O)c3cc(C)on3)CN2CCS1(=O)=O. The summed E-state index contributed by atoms with van der Waals surface area (Å²) in [6, 6.07) is 0.694. The highest BCUT2D eigenvalue weighted by Crippen LogP contribution is 2.24. The second-order valence-corrected chi connectivity index (χ2v) is 8.47. The van der Waals surface area contributed by atoms with Crippen molar-refractivity contribution in [1.82, 2.24) is 19.7 Å². The molecule has 2 amide bonds. The minimum atomic E-state index is -3.65. The third kappa shape index (κ3) is 3.74. The van der Waals surface area contributed by atoms with E-state index < -0.39 is 22.0 Å². The van der Waals surface area contributed by atoms with Gasteiger partial charge < -0.3 is 14.6 Å². The van der Waals surface area contributed by atoms with Crippen molar-refractivity contribution >= 4 is 21.8 Å². The van der Waals surface area contributed by atoms with Crippen LogP contribution >= 0.6 is 0 Å². The molecule has 0 aromatic carbocycles. The summed E-state index contributed by atoms with van der Waals surface area (Å²) < 4.78 is 35.4. The van der Waals surface area contributed by atoms with Crippen LogP contribution in [0.5, 0.6) is 0 Å². The number of aryl methyl sites for hydroxylation is 1. The molecule has 1 aromatic rings. The van der Waals surface area contributed by atoms with Gasteiger partial charge in [-0.2, -0.15) is 0 Å². The van der Waals surface area contributed by atoms with Crippen molar-refractivity contribution in [2.45, 2.75) is 25.4 Å². The Bertz CT molecular complexity index is 792. The topological polar surface area (TPSA) is 122 Å². The summed E-state index contributed by atoms with van der Waals surface area (Å²) in [5.74, 6) is -0.443. The number of nitrogens with one attached hydrogen (secondary N) is 1. The molecule has 11 heteroatoms. The molecule has 10 nitrogen and oxygen atoms in total. The van der Waals surface area contributed by atoms with Crippen molar-refractivity contribution in [3.05, 3.63) is 17.5 Å². The van der Waals surface area contributed by atoms with Gasteiger partial charge in [0, 0.05) is 32.3 Å². The molecule has 0 unspecified atom stereocenters. The molecule has 0 radical (unpaired) electrons. The number of hydrogen-bond acceptors (Lipinski definition) is 8. The largest absolute Gasteiger partial charge is 0.383 e. The van der Waals surface area contributed by atoms with Gasteiger partial charge in [0.1, 0.15) is 5.76 Å². The number of sulfonamides is 1. The van der Waals surface area contributed by atoms with E-state index in [-0.39, 0.29) is 43.1 Å². The fourth-order valence-corrected chi connectivity index (χ4v) is 4.75. The number of aromatic nitrogens is 1. The Morgan fingerprint density at radius 3 is 2.92 bits per heavy atom. The highest BCUT2D eigenvalue weighted by molar-refractivity contribution is 7.89. The Morgan fingerprint density at radius 1 is 1.50 bits per heavy atom. The molecule has 2 aliphatic rings. The first-order valence-electron chi connectivity index (χ1n) is 8.33. The molecule has 2 fully saturated rings. The number of methoxy groups -OCH3 is 1. The van der Waals surface area contributed by atoms with Crippen molar-refractivity contribution < 1.29 is 27.3 Å². The molecule has 0 saturated carbocycles. The van der Waals surface area contributed by atoms with E-state index in [0.717, 1.165) is 4.31 Å². The minimum absolute atomic E-state index is 0.00273. The number of carbonyl (C=O) groups is 2. The van der Waals surface area contributed by atoms with Crippen molar-refractivity contribution in [1.29, 1.82) is 0 Å². The number of hydrogen-bond donors (Lipinski definition) is 1. The normalized spacial score (nSPS) is 25.8. The van der Waals surface area contributed by atoms with Crippen molar-refractivity contribution in [3.8, 4) is 0 Å². The Balaban J connectivity index is 1.69. The van der Waals surface area contributed by atoms with Gasteiger partial charge in [0.15, 0.2) is 5.69 Å². The molecule has 2 saturated heterocycles. The van der Waals surface area contributed by atoms with E-state index in [1.807, 2.05) is 4.90 Å². The lowest BCUT2D eigenvalue weighted by Gasteiger charge is -2.23. The summed E-state index contributed by atoms with van der Waals surface area (Å²) in [6.07, 6.45) is 0.348. The molecular weight excluding hydrogens is 364 g/mol. The van der Waals surface area contributed by atoms with Gasteiger partial charge in [0.2, 0.25) is 10.0 Å². The van der Waals surface area contributed by atoms with E-state index in [1.54, 1.807) is 6.92 Å². The van der Waals surface area contributed by atoms with E-state index in [1.165, 1.54) is 13.2 Å². The molecule has 2 atom stereocenters. The number of amides is 2. The minimum Gasteiger partial charge on any atom is -0.383 e. The van der Waals surface area contributed by atoms with Crippen molar-refractivity contribution in [2.24, 2.45) is 0 Å². The molecule has 2 aliphatic heterocycles. The monoisotopic (exact) mass is 386 g/mol. The summed E-state index contributed by atoms with van der Waals surface area (Å²) in [5.41, 5.74) is 0.181. The van der Waals surface area contributed by atoms with Crippen LogP contribution in [0.2, 0.25) is 0 Å². The Morgan fingerprint density at radius 2 is 2.27 bits per heavy atom. The highest BCUT2D eigenvalue weighted by Gasteiger charge is 2.45. The zero-order valence-corrected chi connectivity index (χ0v) is 15.5. The fourth-order valence-electron chi connectivity index (χ4n) is 3.31. The first kappa shape index (κ1) is 18.8. The van der Waals surface area contributed by atoms with Gasteiger partial charge in [-0.15, -0.1) is 0 Å². The molecule has 1 N–H and O–H groups in total. The zero-order valence-electron chi connectivity index (χ0n) is 14.7. The quantitative estimate of drug-likeness (QED) is 0.682. The lowest BCUT2D eigenvalue weighted by molar-refractivity contribution is -0.131. The van der Waals surface area contributed by atoms with Crippen LogP contribution in [0.1, 0.15) is 22.7 Å². The number of rotatable bonds is 5. The maximum Gasteiger partial charge on any atom is 0.273 e. The highest BCUT2D eigenvalue weighted by atomic mass is 32.2. The second-order valence-electron chi connectivity index (χ2n) is 6.46. The van der Waals surface area contributed by atoms with Gasteiger partial charge in [-0.3, -0.25) is 14.5 Å². The molecule has 3 heterocycles. The van der Waals surface area contributed by atoms with E-state index in [0.29, 0.717) is 18.7 Å². The number of carbonyl (C=O) groups excluding carboxylic acids is 2. The van der Waals surface area contributed by atoms with Crippen LogP contribution in [0.25, 0.3) is 0 Å². The first-order valence-corrected chi connectivity index (χ1v) is 9.94. The van der Waals surface area contributed by atoms with Crippen LogP contribution in [0, 0.1) is 6.92 Å². The molecule has 0 aliphatic carbocycles. The van der Waals surface area contributed by atoms with Gasteiger partial charge in [-0.1, -0.05) is 5.16 Å². The maximum atomic E-state index is 12.8. The third-order valence-corrected chi connectivity index (χ3v) is 6.33. The van der Waals surface area contributed by atoms with Gasteiger partial charge in [-0.25, -0.2) is 12.7 Å². The van der Waals surface area contributed by atoms with E-state index in [2.05, 4.69) is 10.5 Å². The predicted molar refractivity (Wildman–Crippen MR) is 89.8 cm³/mol. The molecule has 1 aromatic heterocycles. The predicted octanol–water partition coefficient (Wildman–Crippen LogP) is -1.03. The fraction of sp³-hybridized carbons (Fsp3) is 0.667. The zero-order chi connectivity index (χ0) is 18.9. The van der Waals surface area contributed by atoms with Crippen LogP contribution in [0.3, 0.4) is 0 Å². The summed E-state index contributed by atoms with van der Waals surface area (Å²) >= 11 is 0. The summed E-state index contributed by atoms with van der Waals surface area (Å²) in [6.45, 7) is 2.49. The average molecular weight is 386 g/mol. The van der Waals surface area contributed by atoms with Crippen LogP contribution in [0.4, 0.5) is 0 Å². The van der Waals surface area contributed by atoms with E-state index in [9.17, 15) is 18.0 Å². The van der Waals surface area contributed by atoms with Gasteiger partial charge in [0.05, 0.1) is 24.9 Å². The molecule has 26 heavy (non-hydrogen) atoms. The average Bonchev–Trinajstić information content (AvgIpc) is 3.17. The Labute approximate surface area is 151 Å². The Kier molecular flexibility index (Phi) is 5.30. The summed E-state index contributed by atoms with van der Waals surface area (Å²) in [4.78, 5) is 26.8. The smallest absolute Gasteiger partial charge is 0.273 e. The number of nitrogens with zero attached hydrogens (tertiary/aromatic N) is 3. The number of fused-ring (bicyclic) bond motifs is 1. The van der Waals surface area contributed by atoms with Gasteiger partial charge in [-0.05, 0) is 13.3 Å². The molecular formula is C15H22N4O6S. The second kappa shape index (κ2) is 7.33. The van der Waals surface area contributed by atoms with Crippen LogP contribution in [-0.2, 0) is 19.6 Å². The standard InChI is InChI=1S/C15H22N4O6S/c1-10-7-12(17-25-10)14(20)16-11-8-13-15(21)19(3-5-24-2)26(22,23)6-4-18(13)9-11/h7,11,13H,3-6,8-9H2,1-2H3,(H,16,20)/t11-,13-/m0/s1. The lowest BCUT2D eigenvalue weighted by Crippen LogP contribution is -2.45. The molecule has 3 rings (SSSR count). The van der Waals surface area contributed by atoms with Crippen LogP contribution in [-0.4, -0.2) is 85.8 Å². The molecule has 144 valence electrons. The van der Waals surface area contributed by atoms with Crippen LogP contribution < -0.4 is 5.32 Å². The maximum absolute atomic E-state index is 12.8.